The van der Waals surface area contributed by atoms with E-state index in [1.54, 1.807) is 11.5 Å². The van der Waals surface area contributed by atoms with Crippen LogP contribution in [0.15, 0.2) is 12.1 Å². The van der Waals surface area contributed by atoms with Crippen LogP contribution in [0, 0.1) is 5.82 Å². The van der Waals surface area contributed by atoms with Crippen molar-refractivity contribution in [3.8, 4) is 0 Å². The first-order chi connectivity index (χ1) is 9.11. The van der Waals surface area contributed by atoms with Crippen LogP contribution in [0.5, 0.6) is 0 Å². The zero-order chi connectivity index (χ0) is 13.6. The number of amides is 1. The summed E-state index contributed by atoms with van der Waals surface area (Å²) in [4.78, 5) is 13.7. The molecule has 0 bridgehead atoms. The summed E-state index contributed by atoms with van der Waals surface area (Å²) in [6.45, 7) is 3.08. The molecule has 1 fully saturated rings. The van der Waals surface area contributed by atoms with Gasteiger partial charge in [0.15, 0.2) is 0 Å². The van der Waals surface area contributed by atoms with E-state index >= 15 is 0 Å². The Balaban J connectivity index is 2.04. The predicted octanol–water partition coefficient (Wildman–Crippen LogP) is 2.03. The van der Waals surface area contributed by atoms with Crippen LogP contribution in [0.25, 0.3) is 0 Å². The van der Waals surface area contributed by atoms with Crippen LogP contribution in [0.2, 0.25) is 0 Å². The first-order valence-corrected chi connectivity index (χ1v) is 6.64. The smallest absolute Gasteiger partial charge is 0.274 e. The maximum absolute atomic E-state index is 14.3. The van der Waals surface area contributed by atoms with Gasteiger partial charge in [-0.15, -0.1) is 0 Å². The second kappa shape index (κ2) is 4.58. The molecule has 2 aliphatic heterocycles. The Morgan fingerprint density at radius 1 is 1.47 bits per heavy atom. The molecule has 0 aromatic heterocycles. The Hall–Kier alpha value is -1.46. The van der Waals surface area contributed by atoms with E-state index in [-0.39, 0.29) is 17.4 Å². The van der Waals surface area contributed by atoms with Gasteiger partial charge in [-0.2, -0.15) is 0 Å². The zero-order valence-corrected chi connectivity index (χ0v) is 10.8. The van der Waals surface area contributed by atoms with E-state index in [1.165, 1.54) is 6.07 Å². The number of hydrogen-bond donors (Lipinski definition) is 2. The van der Waals surface area contributed by atoms with Gasteiger partial charge in [-0.3, -0.25) is 14.9 Å². The number of carbonyl (C=O) groups excluding carboxylic acids is 1. The number of fused-ring (bicyclic) bond motifs is 3. The highest BCUT2D eigenvalue weighted by Crippen LogP contribution is 2.42. The summed E-state index contributed by atoms with van der Waals surface area (Å²) in [6, 6.07) is 3.56. The Kier molecular flexibility index (Phi) is 3.03. The SMILES string of the molecule is C[C@H]1CC[C@@H]2c3c(F)cc(C(=O)NO)cc3CCN21. The largest absolute Gasteiger partial charge is 0.293 e. The van der Waals surface area contributed by atoms with E-state index in [9.17, 15) is 9.18 Å². The first-order valence-electron chi connectivity index (χ1n) is 6.64. The third-order valence-electron chi connectivity index (χ3n) is 4.38. The summed E-state index contributed by atoms with van der Waals surface area (Å²) in [5.74, 6) is -0.996. The summed E-state index contributed by atoms with van der Waals surface area (Å²) < 4.78 is 14.3. The van der Waals surface area contributed by atoms with Gasteiger partial charge in [0.05, 0.1) is 0 Å². The summed E-state index contributed by atoms with van der Waals surface area (Å²) >= 11 is 0. The molecule has 1 aromatic carbocycles. The maximum Gasteiger partial charge on any atom is 0.274 e. The summed E-state index contributed by atoms with van der Waals surface area (Å²) in [7, 11) is 0. The fourth-order valence-corrected chi connectivity index (χ4v) is 3.42. The predicted molar refractivity (Wildman–Crippen MR) is 67.5 cm³/mol. The molecule has 2 aliphatic rings. The number of hydroxylamine groups is 1. The zero-order valence-electron chi connectivity index (χ0n) is 10.8. The number of hydrogen-bond acceptors (Lipinski definition) is 3. The van der Waals surface area contributed by atoms with Crippen molar-refractivity contribution >= 4 is 5.91 Å². The lowest BCUT2D eigenvalue weighted by Crippen LogP contribution is -2.36. The molecular formula is C14H17FN2O2. The number of halogens is 1. The van der Waals surface area contributed by atoms with Gasteiger partial charge < -0.3 is 0 Å². The molecule has 0 aliphatic carbocycles. The van der Waals surface area contributed by atoms with Crippen molar-refractivity contribution in [3.63, 3.8) is 0 Å². The molecular weight excluding hydrogens is 247 g/mol. The maximum atomic E-state index is 14.3. The van der Waals surface area contributed by atoms with Gasteiger partial charge >= 0.3 is 0 Å². The monoisotopic (exact) mass is 264 g/mol. The normalized spacial score (nSPS) is 25.8. The van der Waals surface area contributed by atoms with E-state index in [4.69, 9.17) is 5.21 Å². The Morgan fingerprint density at radius 3 is 3.00 bits per heavy atom. The number of carbonyl (C=O) groups is 1. The highest BCUT2D eigenvalue weighted by molar-refractivity contribution is 5.93. The molecule has 0 saturated carbocycles. The van der Waals surface area contributed by atoms with Crippen molar-refractivity contribution in [1.82, 2.24) is 10.4 Å². The highest BCUT2D eigenvalue weighted by atomic mass is 19.1. The minimum Gasteiger partial charge on any atom is -0.293 e. The summed E-state index contributed by atoms with van der Waals surface area (Å²) in [5.41, 5.74) is 3.37. The lowest BCUT2D eigenvalue weighted by atomic mass is 9.90. The van der Waals surface area contributed by atoms with Gasteiger partial charge in [-0.05, 0) is 43.9 Å². The van der Waals surface area contributed by atoms with Gasteiger partial charge in [-0.25, -0.2) is 9.87 Å². The van der Waals surface area contributed by atoms with Gasteiger partial charge in [0.25, 0.3) is 5.91 Å². The van der Waals surface area contributed by atoms with Crippen molar-refractivity contribution in [3.05, 3.63) is 34.6 Å². The minimum absolute atomic E-state index is 0.144. The highest BCUT2D eigenvalue weighted by Gasteiger charge is 2.37. The second-order valence-electron chi connectivity index (χ2n) is 5.40. The molecule has 102 valence electrons. The van der Waals surface area contributed by atoms with Crippen LogP contribution in [0.1, 0.15) is 47.3 Å². The lowest BCUT2D eigenvalue weighted by molar-refractivity contribution is 0.0705. The fraction of sp³-hybridized carbons (Fsp3) is 0.500. The van der Waals surface area contributed by atoms with Crippen molar-refractivity contribution in [1.29, 1.82) is 0 Å². The fourth-order valence-electron chi connectivity index (χ4n) is 3.42. The molecule has 19 heavy (non-hydrogen) atoms. The molecule has 0 spiro atoms. The van der Waals surface area contributed by atoms with Crippen molar-refractivity contribution in [2.45, 2.75) is 38.3 Å². The minimum atomic E-state index is -0.663. The van der Waals surface area contributed by atoms with Crippen LogP contribution < -0.4 is 5.48 Å². The van der Waals surface area contributed by atoms with E-state index in [0.717, 1.165) is 36.9 Å². The number of benzene rings is 1. The van der Waals surface area contributed by atoms with Crippen molar-refractivity contribution < 1.29 is 14.4 Å². The summed E-state index contributed by atoms with van der Waals surface area (Å²) in [5, 5.41) is 8.64. The third-order valence-corrected chi connectivity index (χ3v) is 4.38. The van der Waals surface area contributed by atoms with Crippen LogP contribution in [-0.4, -0.2) is 28.6 Å². The third kappa shape index (κ3) is 1.93. The van der Waals surface area contributed by atoms with Crippen LogP contribution in [-0.2, 0) is 6.42 Å². The molecule has 5 heteroatoms. The topological polar surface area (TPSA) is 52.6 Å². The number of nitrogens with zero attached hydrogens (tertiary/aromatic N) is 1. The van der Waals surface area contributed by atoms with E-state index in [1.807, 2.05) is 0 Å². The number of nitrogens with one attached hydrogen (secondary N) is 1. The number of rotatable bonds is 1. The molecule has 1 saturated heterocycles. The van der Waals surface area contributed by atoms with Gasteiger partial charge in [0, 0.05) is 29.8 Å². The molecule has 3 rings (SSSR count). The molecule has 0 radical (unpaired) electrons. The van der Waals surface area contributed by atoms with E-state index < -0.39 is 5.91 Å². The van der Waals surface area contributed by atoms with Crippen LogP contribution >= 0.6 is 0 Å². The second-order valence-corrected chi connectivity index (χ2v) is 5.40. The average molecular weight is 264 g/mol. The molecule has 4 nitrogen and oxygen atoms in total. The average Bonchev–Trinajstić information content (AvgIpc) is 2.79. The van der Waals surface area contributed by atoms with E-state index in [0.29, 0.717) is 6.04 Å². The Bertz CT molecular complexity index is 532. The van der Waals surface area contributed by atoms with Gasteiger partial charge in [0.1, 0.15) is 5.82 Å². The molecule has 2 N–H and O–H groups in total. The van der Waals surface area contributed by atoms with Gasteiger partial charge in [0.2, 0.25) is 0 Å². The lowest BCUT2D eigenvalue weighted by Gasteiger charge is -2.34. The van der Waals surface area contributed by atoms with Gasteiger partial charge in [-0.1, -0.05) is 0 Å². The summed E-state index contributed by atoms with van der Waals surface area (Å²) in [6.07, 6.45) is 2.80. The molecule has 0 unspecified atom stereocenters. The van der Waals surface area contributed by atoms with Crippen molar-refractivity contribution in [2.75, 3.05) is 6.54 Å². The van der Waals surface area contributed by atoms with Crippen molar-refractivity contribution in [2.24, 2.45) is 0 Å². The molecule has 2 heterocycles. The first kappa shape index (κ1) is 12.6. The van der Waals surface area contributed by atoms with Crippen LogP contribution in [0.3, 0.4) is 0 Å². The van der Waals surface area contributed by atoms with E-state index in [2.05, 4.69) is 11.8 Å². The quantitative estimate of drug-likeness (QED) is 0.603. The molecule has 1 amide bonds. The standard InChI is InChI=1S/C14H17FN2O2/c1-8-2-3-12-13-9(4-5-17(8)12)6-10(7-11(13)15)14(18)16-19/h6-8,12,19H,2-5H2,1H3,(H,16,18)/t8-,12+/m0/s1. The Labute approximate surface area is 111 Å². The molecule has 2 atom stereocenters. The molecule has 1 aromatic rings. The van der Waals surface area contributed by atoms with Crippen LogP contribution in [0.4, 0.5) is 4.39 Å². The Morgan fingerprint density at radius 2 is 2.26 bits per heavy atom.